The van der Waals surface area contributed by atoms with Crippen molar-refractivity contribution in [1.82, 2.24) is 24.6 Å². The summed E-state index contributed by atoms with van der Waals surface area (Å²) in [5, 5.41) is 4.44. The van der Waals surface area contributed by atoms with Crippen LogP contribution in [0.5, 0.6) is 11.9 Å². The smallest absolute Gasteiger partial charge is 0.417 e. The van der Waals surface area contributed by atoms with E-state index in [9.17, 15) is 17.6 Å². The van der Waals surface area contributed by atoms with Crippen LogP contribution in [0.3, 0.4) is 0 Å². The lowest BCUT2D eigenvalue weighted by atomic mass is 9.91. The minimum atomic E-state index is -4.98. The van der Waals surface area contributed by atoms with Gasteiger partial charge in [0.1, 0.15) is 36.4 Å². The minimum Gasteiger partial charge on any atom is -0.477 e. The molecule has 0 saturated carbocycles. The molecule has 0 spiro atoms. The van der Waals surface area contributed by atoms with Crippen molar-refractivity contribution in [2.24, 2.45) is 5.92 Å². The summed E-state index contributed by atoms with van der Waals surface area (Å²) in [7, 11) is -1.40. The van der Waals surface area contributed by atoms with E-state index in [1.54, 1.807) is 0 Å². The topological polar surface area (TPSA) is 74.5 Å². The molecule has 2 aliphatic rings. The molecule has 15 heteroatoms. The first-order valence-electron chi connectivity index (χ1n) is 17.0. The lowest BCUT2D eigenvalue weighted by molar-refractivity contribution is -0.137. The van der Waals surface area contributed by atoms with E-state index in [-0.39, 0.29) is 72.6 Å². The Morgan fingerprint density at radius 2 is 1.82 bits per heavy atom. The maximum Gasteiger partial charge on any atom is 0.417 e. The molecule has 2 aromatic heterocycles. The predicted octanol–water partition coefficient (Wildman–Crippen LogP) is 8.55. The van der Waals surface area contributed by atoms with Crippen LogP contribution >= 0.6 is 0 Å². The number of nitrogens with zero attached hydrogens (tertiary/aromatic N) is 5. The number of aryl methyl sites for hydroxylation is 1. The van der Waals surface area contributed by atoms with Crippen LogP contribution in [-0.2, 0) is 17.6 Å². The number of benzene rings is 2. The molecule has 6 rings (SSSR count). The van der Waals surface area contributed by atoms with E-state index >= 15 is 8.78 Å². The third-order valence-electron chi connectivity index (χ3n) is 9.41. The monoisotopic (exact) mass is 723 g/mol. The second kappa shape index (κ2) is 13.6. The summed E-state index contributed by atoms with van der Waals surface area (Å²) in [4.78, 5) is 10.6. The third-order valence-corrected chi connectivity index (χ3v) is 11.1. The predicted molar refractivity (Wildman–Crippen MR) is 181 cm³/mol. The van der Waals surface area contributed by atoms with Gasteiger partial charge in [-0.2, -0.15) is 28.2 Å². The zero-order valence-electron chi connectivity index (χ0n) is 29.2. The van der Waals surface area contributed by atoms with Gasteiger partial charge in [0, 0.05) is 44.8 Å². The summed E-state index contributed by atoms with van der Waals surface area (Å²) >= 11 is 0. The van der Waals surface area contributed by atoms with Crippen molar-refractivity contribution < 1.29 is 40.6 Å². The van der Waals surface area contributed by atoms with Gasteiger partial charge in [0.25, 0.3) is 0 Å². The van der Waals surface area contributed by atoms with Crippen LogP contribution in [0.4, 0.5) is 26.3 Å². The fourth-order valence-electron chi connectivity index (χ4n) is 7.01. The highest BCUT2D eigenvalue weighted by atomic mass is 28.3. The molecular formula is C35H43F6N5O3Si. The van der Waals surface area contributed by atoms with Crippen molar-refractivity contribution in [3.05, 3.63) is 41.1 Å². The highest BCUT2D eigenvalue weighted by molar-refractivity contribution is 6.76. The van der Waals surface area contributed by atoms with E-state index in [1.807, 2.05) is 18.7 Å². The highest BCUT2D eigenvalue weighted by Crippen LogP contribution is 2.46. The first-order valence-corrected chi connectivity index (χ1v) is 20.7. The van der Waals surface area contributed by atoms with Gasteiger partial charge in [0.05, 0.1) is 28.7 Å². The molecule has 0 unspecified atom stereocenters. The zero-order valence-corrected chi connectivity index (χ0v) is 30.2. The highest BCUT2D eigenvalue weighted by Gasteiger charge is 2.49. The van der Waals surface area contributed by atoms with E-state index in [0.717, 1.165) is 25.1 Å². The Kier molecular flexibility index (Phi) is 9.89. The number of fused-ring (bicyclic) bond motifs is 3. The normalized spacial score (nSPS) is 20.1. The zero-order chi connectivity index (χ0) is 36.2. The molecule has 2 aromatic carbocycles. The summed E-state index contributed by atoms with van der Waals surface area (Å²) in [5.74, 6) is -2.77. The Morgan fingerprint density at radius 3 is 2.52 bits per heavy atom. The molecule has 272 valence electrons. The van der Waals surface area contributed by atoms with Crippen molar-refractivity contribution in [2.75, 3.05) is 32.9 Å². The van der Waals surface area contributed by atoms with Gasteiger partial charge >= 0.3 is 12.2 Å². The van der Waals surface area contributed by atoms with Crippen LogP contribution in [-0.4, -0.2) is 77.3 Å². The number of rotatable bonds is 12. The Bertz CT molecular complexity index is 1900. The van der Waals surface area contributed by atoms with Crippen molar-refractivity contribution in [2.45, 2.75) is 90.3 Å². The summed E-state index contributed by atoms with van der Waals surface area (Å²) in [5.41, 5.74) is -4.40. The van der Waals surface area contributed by atoms with Gasteiger partial charge in [-0.05, 0) is 56.0 Å². The second-order valence-corrected chi connectivity index (χ2v) is 20.8. The fraction of sp³-hybridized carbons (Fsp3) is 0.571. The van der Waals surface area contributed by atoms with Gasteiger partial charge in [-0.15, -0.1) is 0 Å². The molecule has 2 atom stereocenters. The number of alkyl halides is 4. The molecule has 0 aliphatic carbocycles. The Hall–Kier alpha value is -3.43. The van der Waals surface area contributed by atoms with Crippen LogP contribution in [0.2, 0.25) is 25.7 Å². The van der Waals surface area contributed by atoms with Crippen LogP contribution < -0.4 is 9.47 Å². The molecule has 2 saturated heterocycles. The molecule has 50 heavy (non-hydrogen) atoms. The average molecular weight is 724 g/mol. The quantitative estimate of drug-likeness (QED) is 0.0824. The van der Waals surface area contributed by atoms with Crippen molar-refractivity contribution >= 4 is 29.9 Å². The Labute approximate surface area is 288 Å². The molecule has 4 heterocycles. The third kappa shape index (κ3) is 7.31. The summed E-state index contributed by atoms with van der Waals surface area (Å²) in [6.45, 7) is 13.1. The number of hydrogen-bond donors (Lipinski definition) is 0. The SMILES string of the molecule is Cc1cc2cn(COCC[Si](C)(C)C)nc2c(-c2c(F)cc3c(OCC(C)C)nc(OC[C@@]45CCCN4C[C@H](F)C5)nc3c2F)c1C(F)(F)F. The molecule has 0 radical (unpaired) electrons. The summed E-state index contributed by atoms with van der Waals surface area (Å²) in [6, 6.07) is 2.75. The maximum atomic E-state index is 16.9. The van der Waals surface area contributed by atoms with Gasteiger partial charge in [-0.1, -0.05) is 33.5 Å². The van der Waals surface area contributed by atoms with E-state index in [4.69, 9.17) is 14.2 Å². The van der Waals surface area contributed by atoms with E-state index in [1.165, 1.54) is 23.9 Å². The lowest BCUT2D eigenvalue weighted by Crippen LogP contribution is -2.43. The molecule has 0 N–H and O–H groups in total. The summed E-state index contributed by atoms with van der Waals surface area (Å²) < 4.78 is 111. The van der Waals surface area contributed by atoms with Crippen molar-refractivity contribution in [3.8, 4) is 23.0 Å². The lowest BCUT2D eigenvalue weighted by Gasteiger charge is -2.30. The molecule has 0 amide bonds. The largest absolute Gasteiger partial charge is 0.477 e. The van der Waals surface area contributed by atoms with E-state index in [2.05, 4.69) is 34.7 Å². The summed E-state index contributed by atoms with van der Waals surface area (Å²) in [6.07, 6.45) is -2.67. The van der Waals surface area contributed by atoms with Crippen LogP contribution in [0.15, 0.2) is 18.3 Å². The average Bonchev–Trinajstić information content (AvgIpc) is 3.67. The van der Waals surface area contributed by atoms with Gasteiger partial charge in [-0.3, -0.25) is 4.90 Å². The molecule has 2 fully saturated rings. The van der Waals surface area contributed by atoms with Crippen LogP contribution in [0.1, 0.15) is 44.2 Å². The molecule has 0 bridgehead atoms. The molecular weight excluding hydrogens is 680 g/mol. The van der Waals surface area contributed by atoms with Crippen molar-refractivity contribution in [1.29, 1.82) is 0 Å². The fourth-order valence-corrected chi connectivity index (χ4v) is 7.77. The van der Waals surface area contributed by atoms with Gasteiger partial charge < -0.3 is 14.2 Å². The molecule has 2 aliphatic heterocycles. The number of aromatic nitrogens is 4. The van der Waals surface area contributed by atoms with Gasteiger partial charge in [-0.25, -0.2) is 17.9 Å². The van der Waals surface area contributed by atoms with Crippen molar-refractivity contribution in [3.63, 3.8) is 0 Å². The number of ether oxygens (including phenoxy) is 3. The van der Waals surface area contributed by atoms with E-state index < -0.39 is 59.8 Å². The first kappa shape index (κ1) is 36.4. The maximum absolute atomic E-state index is 16.9. The van der Waals surface area contributed by atoms with Crippen LogP contribution in [0.25, 0.3) is 32.9 Å². The standard InChI is InChI=1S/C35H43F6N5O3Si/c1-20(2)17-48-32-24-13-25(37)26(29(38)31(24)42-33(43-32)49-18-34-8-7-9-45(34)16-23(36)14-34)27-28(35(39,40)41)21(3)12-22-15-46(44-30(22)27)19-47-10-11-50(4,5)6/h12-13,15,20,23H,7-11,14,16-19H2,1-6H3/t23-,34+/m1/s1. The number of halogens is 6. The van der Waals surface area contributed by atoms with Gasteiger partial charge in [0.2, 0.25) is 5.88 Å². The van der Waals surface area contributed by atoms with E-state index in [0.29, 0.717) is 13.0 Å². The molecule has 8 nitrogen and oxygen atoms in total. The molecule has 4 aromatic rings. The van der Waals surface area contributed by atoms with Gasteiger partial charge in [0.15, 0.2) is 5.82 Å². The Balaban J connectivity index is 1.48. The number of hydrogen-bond acceptors (Lipinski definition) is 7. The first-order chi connectivity index (χ1) is 23.5. The van der Waals surface area contributed by atoms with Crippen LogP contribution in [0, 0.1) is 24.5 Å². The second-order valence-electron chi connectivity index (χ2n) is 15.2. The minimum absolute atomic E-state index is 0.00816. The Morgan fingerprint density at radius 1 is 1.06 bits per heavy atom.